The molecule has 0 aliphatic rings. The van der Waals surface area contributed by atoms with Crippen LogP contribution in [0.2, 0.25) is 15.1 Å². The van der Waals surface area contributed by atoms with Crippen molar-refractivity contribution >= 4 is 46.9 Å². The number of carbonyl (C=O) groups excluding carboxylic acids is 1. The van der Waals surface area contributed by atoms with Crippen molar-refractivity contribution in [2.45, 2.75) is 38.9 Å². The second-order valence-electron chi connectivity index (χ2n) is 9.30. The lowest BCUT2D eigenvalue weighted by Gasteiger charge is -2.22. The van der Waals surface area contributed by atoms with Gasteiger partial charge >= 0.3 is 12.1 Å². The summed E-state index contributed by atoms with van der Waals surface area (Å²) in [6.45, 7) is 3.87. The predicted molar refractivity (Wildman–Crippen MR) is 163 cm³/mol. The first-order valence-electron chi connectivity index (χ1n) is 13.5. The molecule has 42 heavy (non-hydrogen) atoms. The minimum absolute atomic E-state index is 0.222. The largest absolute Gasteiger partial charge is 0.492 e. The lowest BCUT2D eigenvalue weighted by atomic mass is 10.1. The summed E-state index contributed by atoms with van der Waals surface area (Å²) in [4.78, 5) is 25.9. The summed E-state index contributed by atoms with van der Waals surface area (Å²) < 4.78 is 22.4. The van der Waals surface area contributed by atoms with Crippen molar-refractivity contribution in [1.82, 2.24) is 4.90 Å². The van der Waals surface area contributed by atoms with Gasteiger partial charge in [0.25, 0.3) is 0 Å². The molecule has 0 heterocycles. The number of halogens is 3. The molecule has 0 bridgehead atoms. The first-order valence-corrected chi connectivity index (χ1v) is 14.7. The van der Waals surface area contributed by atoms with E-state index in [4.69, 9.17) is 53.8 Å². The molecule has 1 N–H and O–H groups in total. The summed E-state index contributed by atoms with van der Waals surface area (Å²) >= 11 is 18.3. The van der Waals surface area contributed by atoms with Crippen LogP contribution in [0.25, 0.3) is 0 Å². The minimum atomic E-state index is -1.00. The van der Waals surface area contributed by atoms with Gasteiger partial charge in [-0.3, -0.25) is 0 Å². The Bertz CT molecular complexity index is 1270. The fourth-order valence-electron chi connectivity index (χ4n) is 4.00. The lowest BCUT2D eigenvalue weighted by molar-refractivity contribution is -0.149. The van der Waals surface area contributed by atoms with Crippen LogP contribution in [0.4, 0.5) is 4.79 Å². The van der Waals surface area contributed by atoms with Gasteiger partial charge in [-0.25, -0.2) is 9.59 Å². The van der Waals surface area contributed by atoms with Crippen molar-refractivity contribution in [1.29, 1.82) is 0 Å². The molecule has 0 saturated heterocycles. The Morgan fingerprint density at radius 1 is 0.881 bits per heavy atom. The van der Waals surface area contributed by atoms with Crippen LogP contribution in [0, 0.1) is 0 Å². The number of carboxylic acid groups (broad SMARTS) is 1. The van der Waals surface area contributed by atoms with Crippen molar-refractivity contribution in [3.63, 3.8) is 0 Å². The van der Waals surface area contributed by atoms with E-state index in [9.17, 15) is 14.7 Å². The van der Waals surface area contributed by atoms with Crippen LogP contribution in [0.1, 0.15) is 30.9 Å². The van der Waals surface area contributed by atoms with Gasteiger partial charge in [-0.1, -0.05) is 59.1 Å². The third-order valence-corrected chi connectivity index (χ3v) is 6.82. The van der Waals surface area contributed by atoms with E-state index in [2.05, 4.69) is 0 Å². The summed E-state index contributed by atoms with van der Waals surface area (Å²) in [7, 11) is 0. The molecule has 0 aliphatic heterocycles. The molecule has 0 aromatic heterocycles. The number of amides is 1. The van der Waals surface area contributed by atoms with Gasteiger partial charge < -0.3 is 29.0 Å². The molecule has 8 nitrogen and oxygen atoms in total. The third-order valence-electron chi connectivity index (χ3n) is 6.07. The maximum Gasteiger partial charge on any atom is 0.415 e. The van der Waals surface area contributed by atoms with E-state index in [0.717, 1.165) is 11.1 Å². The molecule has 226 valence electrons. The monoisotopic (exact) mass is 637 g/mol. The Morgan fingerprint density at radius 3 is 2.26 bits per heavy atom. The van der Waals surface area contributed by atoms with Gasteiger partial charge in [-0.2, -0.15) is 0 Å². The second-order valence-corrected chi connectivity index (χ2v) is 10.6. The standard InChI is InChI=1S/C31H34Cl3NO7/c1-2-40-29(30(36)37)19-22-9-11-26(12-10-22)41-16-14-35(31(38)42-28-8-4-3-7-27(28)34)13-5-6-15-39-21-23-17-24(32)20-25(33)18-23/h3-4,7-12,17-18,20,29H,2,5-6,13-16,19,21H2,1H3,(H,36,37). The zero-order chi connectivity index (χ0) is 30.3. The molecule has 1 amide bonds. The Labute approximate surface area is 261 Å². The highest BCUT2D eigenvalue weighted by Gasteiger charge is 2.19. The van der Waals surface area contributed by atoms with Crippen molar-refractivity contribution in [3.05, 3.63) is 92.9 Å². The average molecular weight is 639 g/mol. The van der Waals surface area contributed by atoms with Crippen molar-refractivity contribution < 1.29 is 33.6 Å². The summed E-state index contributed by atoms with van der Waals surface area (Å²) in [5.74, 6) is -0.129. The molecule has 3 aromatic rings. The van der Waals surface area contributed by atoms with Crippen molar-refractivity contribution in [2.75, 3.05) is 32.9 Å². The molecule has 1 unspecified atom stereocenters. The summed E-state index contributed by atoms with van der Waals surface area (Å²) in [6, 6.07) is 19.2. The molecular weight excluding hydrogens is 605 g/mol. The number of hydrogen-bond acceptors (Lipinski definition) is 6. The average Bonchev–Trinajstić information content (AvgIpc) is 2.95. The number of benzene rings is 3. The number of carboxylic acids is 1. The van der Waals surface area contributed by atoms with E-state index in [1.807, 2.05) is 0 Å². The summed E-state index contributed by atoms with van der Waals surface area (Å²) in [6.07, 6.45) is 0.202. The van der Waals surface area contributed by atoms with Gasteiger partial charge in [-0.05, 0) is 73.4 Å². The molecule has 0 aliphatic carbocycles. The molecule has 1 atom stereocenters. The first kappa shape index (κ1) is 33.5. The van der Waals surface area contributed by atoms with Crippen LogP contribution in [0.5, 0.6) is 11.5 Å². The maximum absolute atomic E-state index is 13.0. The Morgan fingerprint density at radius 2 is 1.60 bits per heavy atom. The van der Waals surface area contributed by atoms with Crippen LogP contribution in [-0.2, 0) is 27.3 Å². The Balaban J connectivity index is 1.50. The van der Waals surface area contributed by atoms with E-state index >= 15 is 0 Å². The fourth-order valence-corrected chi connectivity index (χ4v) is 4.75. The highest BCUT2D eigenvalue weighted by Crippen LogP contribution is 2.24. The van der Waals surface area contributed by atoms with Gasteiger partial charge in [0.2, 0.25) is 0 Å². The Hall–Kier alpha value is -3.01. The molecule has 0 fully saturated rings. The van der Waals surface area contributed by atoms with Crippen LogP contribution in [0.3, 0.4) is 0 Å². The second kappa shape index (κ2) is 17.8. The van der Waals surface area contributed by atoms with Gasteiger partial charge in [-0.15, -0.1) is 0 Å². The normalized spacial score (nSPS) is 11.6. The van der Waals surface area contributed by atoms with Gasteiger partial charge in [0.15, 0.2) is 11.9 Å². The number of ether oxygens (including phenoxy) is 4. The highest BCUT2D eigenvalue weighted by atomic mass is 35.5. The minimum Gasteiger partial charge on any atom is -0.492 e. The quantitative estimate of drug-likeness (QED) is 0.153. The van der Waals surface area contributed by atoms with Crippen LogP contribution < -0.4 is 9.47 Å². The summed E-state index contributed by atoms with van der Waals surface area (Å²) in [5.41, 5.74) is 1.70. The number of rotatable bonds is 17. The van der Waals surface area contributed by atoms with Gasteiger partial charge in [0.1, 0.15) is 12.4 Å². The van der Waals surface area contributed by atoms with Crippen LogP contribution >= 0.6 is 34.8 Å². The Kier molecular flexibility index (Phi) is 14.2. The number of carbonyl (C=O) groups is 2. The molecule has 0 spiro atoms. The topological polar surface area (TPSA) is 94.5 Å². The highest BCUT2D eigenvalue weighted by molar-refractivity contribution is 6.34. The molecular formula is C31H34Cl3NO7. The molecule has 3 aromatic carbocycles. The molecule has 0 saturated carbocycles. The number of hydrogen-bond donors (Lipinski definition) is 1. The van der Waals surface area contributed by atoms with Crippen molar-refractivity contribution in [2.24, 2.45) is 0 Å². The van der Waals surface area contributed by atoms with Gasteiger partial charge in [0, 0.05) is 36.2 Å². The van der Waals surface area contributed by atoms with Gasteiger partial charge in [0.05, 0.1) is 18.2 Å². The molecule has 3 rings (SSSR count). The number of unbranched alkanes of at least 4 members (excludes halogenated alkanes) is 1. The predicted octanol–water partition coefficient (Wildman–Crippen LogP) is 7.56. The molecule has 11 heteroatoms. The van der Waals surface area contributed by atoms with E-state index in [1.165, 1.54) is 0 Å². The number of nitrogens with zero attached hydrogens (tertiary/aromatic N) is 1. The third kappa shape index (κ3) is 11.7. The molecule has 0 radical (unpaired) electrons. The van der Waals surface area contributed by atoms with E-state index in [1.54, 1.807) is 78.6 Å². The van der Waals surface area contributed by atoms with Crippen molar-refractivity contribution in [3.8, 4) is 11.5 Å². The summed E-state index contributed by atoms with van der Waals surface area (Å²) in [5, 5.41) is 10.7. The smallest absolute Gasteiger partial charge is 0.415 e. The van der Waals surface area contributed by atoms with E-state index in [-0.39, 0.29) is 25.3 Å². The fraction of sp³-hybridized carbons (Fsp3) is 0.355. The van der Waals surface area contributed by atoms with Crippen LogP contribution in [-0.4, -0.2) is 61.1 Å². The maximum atomic E-state index is 13.0. The SMILES string of the molecule is CCOC(Cc1ccc(OCCN(CCCCOCc2cc(Cl)cc(Cl)c2)C(=O)Oc2ccccc2Cl)cc1)C(=O)O. The number of aliphatic carboxylic acids is 1. The zero-order valence-corrected chi connectivity index (χ0v) is 25.5. The van der Waals surface area contributed by atoms with E-state index in [0.29, 0.717) is 60.0 Å². The number of para-hydroxylation sites is 1. The van der Waals surface area contributed by atoms with Crippen LogP contribution in [0.15, 0.2) is 66.7 Å². The van der Waals surface area contributed by atoms with E-state index < -0.39 is 18.2 Å². The first-order chi connectivity index (χ1) is 20.2. The lowest BCUT2D eigenvalue weighted by Crippen LogP contribution is -2.37. The zero-order valence-electron chi connectivity index (χ0n) is 23.3.